The van der Waals surface area contributed by atoms with Gasteiger partial charge in [0.15, 0.2) is 0 Å². The molecule has 0 spiro atoms. The Balaban J connectivity index is 1.36. The Hall–Kier alpha value is -1.20. The predicted octanol–water partition coefficient (Wildman–Crippen LogP) is 6.71. The van der Waals surface area contributed by atoms with E-state index in [0.29, 0.717) is 0 Å². The fraction of sp³-hybridized carbons (Fsp3) is 0.417. The van der Waals surface area contributed by atoms with Crippen LogP contribution in [-0.4, -0.2) is 34.8 Å². The number of piperidine rings is 2. The van der Waals surface area contributed by atoms with Crippen LogP contribution < -0.4 is 0 Å². The summed E-state index contributed by atoms with van der Waals surface area (Å²) in [6.45, 7) is 9.30. The van der Waals surface area contributed by atoms with Crippen LogP contribution in [0.3, 0.4) is 0 Å². The maximum Gasteiger partial charge on any atom is 0.0236 e. The second-order valence-corrected chi connectivity index (χ2v) is 10.4. The minimum absolute atomic E-state index is 1.19. The van der Waals surface area contributed by atoms with Gasteiger partial charge in [0.25, 0.3) is 0 Å². The lowest BCUT2D eigenvalue weighted by molar-refractivity contribution is 0.380. The molecule has 2 fully saturated rings. The van der Waals surface area contributed by atoms with Gasteiger partial charge < -0.3 is 0 Å². The molecule has 2 aromatic rings. The molecule has 5 rings (SSSR count). The summed E-state index contributed by atoms with van der Waals surface area (Å²) >= 11 is 3.84. The minimum atomic E-state index is 1.19. The van der Waals surface area contributed by atoms with E-state index in [9.17, 15) is 0 Å². The first-order chi connectivity index (χ1) is 13.8. The Morgan fingerprint density at radius 2 is 1.00 bits per heavy atom. The van der Waals surface area contributed by atoms with E-state index in [-0.39, 0.29) is 0 Å². The largest absolute Gasteiger partial charge is 0.246 e. The van der Waals surface area contributed by atoms with Crippen molar-refractivity contribution in [3.8, 4) is 11.1 Å². The van der Waals surface area contributed by atoms with E-state index in [1.807, 2.05) is 23.9 Å². The Morgan fingerprint density at radius 1 is 0.571 bits per heavy atom. The molecule has 0 saturated carbocycles. The smallest absolute Gasteiger partial charge is 0.0236 e. The average molecular weight is 409 g/mol. The maximum atomic E-state index is 4.47. The van der Waals surface area contributed by atoms with E-state index in [1.54, 1.807) is 0 Å². The number of fused-ring (bicyclic) bond motifs is 3. The van der Waals surface area contributed by atoms with Crippen molar-refractivity contribution in [2.75, 3.05) is 26.2 Å². The van der Waals surface area contributed by atoms with E-state index >= 15 is 0 Å². The quantitative estimate of drug-likeness (QED) is 0.442. The van der Waals surface area contributed by atoms with Crippen molar-refractivity contribution in [2.45, 2.75) is 48.3 Å². The molecule has 3 aliphatic rings. The summed E-state index contributed by atoms with van der Waals surface area (Å²) in [5.74, 6) is 0. The number of hydrogen-bond acceptors (Lipinski definition) is 4. The molecule has 0 radical (unpaired) electrons. The molecule has 28 heavy (non-hydrogen) atoms. The molecule has 2 nitrogen and oxygen atoms in total. The highest BCUT2D eigenvalue weighted by atomic mass is 32.2. The van der Waals surface area contributed by atoms with Crippen molar-refractivity contribution in [1.82, 2.24) is 8.61 Å². The van der Waals surface area contributed by atoms with E-state index < -0.39 is 0 Å². The minimum Gasteiger partial charge on any atom is -0.246 e. The van der Waals surface area contributed by atoms with Crippen molar-refractivity contribution in [2.24, 2.45) is 0 Å². The van der Waals surface area contributed by atoms with Gasteiger partial charge in [0, 0.05) is 36.0 Å². The summed E-state index contributed by atoms with van der Waals surface area (Å²) in [6.07, 6.45) is 8.07. The van der Waals surface area contributed by atoms with E-state index in [2.05, 4.69) is 51.6 Å². The van der Waals surface area contributed by atoms with Crippen LogP contribution in [0.1, 0.15) is 49.7 Å². The summed E-state index contributed by atoms with van der Waals surface area (Å²) < 4.78 is 5.03. The van der Waals surface area contributed by atoms with Crippen molar-refractivity contribution in [3.05, 3.63) is 54.1 Å². The summed E-state index contributed by atoms with van der Waals surface area (Å²) in [4.78, 5) is 2.69. The van der Waals surface area contributed by atoms with E-state index in [0.717, 1.165) is 0 Å². The van der Waals surface area contributed by atoms with Crippen LogP contribution in [0.5, 0.6) is 0 Å². The first-order valence-electron chi connectivity index (χ1n) is 10.6. The molecule has 2 aliphatic heterocycles. The molecule has 0 aromatic heterocycles. The van der Waals surface area contributed by atoms with E-state index in [1.165, 1.54) is 102 Å². The molecule has 4 heteroatoms. The van der Waals surface area contributed by atoms with Crippen LogP contribution in [0, 0.1) is 0 Å². The summed E-state index contributed by atoms with van der Waals surface area (Å²) in [6, 6.07) is 13.9. The van der Waals surface area contributed by atoms with Crippen LogP contribution in [0.4, 0.5) is 0 Å². The lowest BCUT2D eigenvalue weighted by atomic mass is 10.1. The first kappa shape index (κ1) is 18.8. The Bertz CT molecular complexity index is 809. The van der Waals surface area contributed by atoms with Crippen molar-refractivity contribution >= 4 is 29.5 Å². The van der Waals surface area contributed by atoms with Crippen LogP contribution in [-0.2, 0) is 0 Å². The van der Waals surface area contributed by atoms with Crippen LogP contribution in [0.25, 0.3) is 16.7 Å². The first-order valence-corrected chi connectivity index (χ1v) is 12.2. The highest BCUT2D eigenvalue weighted by Crippen LogP contribution is 2.46. The van der Waals surface area contributed by atoms with Gasteiger partial charge in [0.05, 0.1) is 0 Å². The zero-order valence-corrected chi connectivity index (χ0v) is 18.1. The van der Waals surface area contributed by atoms with Crippen molar-refractivity contribution in [1.29, 1.82) is 0 Å². The Kier molecular flexibility index (Phi) is 5.56. The number of rotatable bonds is 4. The molecule has 146 valence electrons. The Labute approximate surface area is 177 Å². The van der Waals surface area contributed by atoms with Crippen molar-refractivity contribution in [3.63, 3.8) is 0 Å². The molecule has 0 N–H and O–H groups in total. The van der Waals surface area contributed by atoms with Crippen LogP contribution in [0.2, 0.25) is 0 Å². The SMILES string of the molecule is C=C1c2cc(SN3CCCCC3)ccc2-c2ccc(SN3CCCCC3)cc21. The molecule has 0 unspecified atom stereocenters. The van der Waals surface area contributed by atoms with Gasteiger partial charge in [-0.05, 0) is 102 Å². The topological polar surface area (TPSA) is 6.48 Å². The van der Waals surface area contributed by atoms with Gasteiger partial charge in [-0.3, -0.25) is 0 Å². The standard InChI is InChI=1S/C24H28N2S2/c1-18-23-16-19(27-25-12-4-2-5-13-25)8-10-21(23)22-11-9-20(17-24(18)22)28-26-14-6-3-7-15-26/h8-11,16-17H,1-7,12-15H2. The van der Waals surface area contributed by atoms with Crippen molar-refractivity contribution < 1.29 is 0 Å². The highest BCUT2D eigenvalue weighted by molar-refractivity contribution is 7.97. The van der Waals surface area contributed by atoms with Gasteiger partial charge in [-0.15, -0.1) is 0 Å². The lowest BCUT2D eigenvalue weighted by Crippen LogP contribution is -2.22. The fourth-order valence-electron chi connectivity index (χ4n) is 4.48. The van der Waals surface area contributed by atoms with Gasteiger partial charge in [-0.25, -0.2) is 8.61 Å². The Morgan fingerprint density at radius 3 is 1.43 bits per heavy atom. The fourth-order valence-corrected chi connectivity index (χ4v) is 6.56. The third-order valence-electron chi connectivity index (χ3n) is 6.02. The zero-order valence-electron chi connectivity index (χ0n) is 16.5. The summed E-state index contributed by atoms with van der Waals surface area (Å²) in [5.41, 5.74) is 6.51. The average Bonchev–Trinajstić information content (AvgIpc) is 3.01. The van der Waals surface area contributed by atoms with E-state index in [4.69, 9.17) is 0 Å². The van der Waals surface area contributed by atoms with Gasteiger partial charge >= 0.3 is 0 Å². The van der Waals surface area contributed by atoms with Gasteiger partial charge in [-0.2, -0.15) is 0 Å². The number of nitrogens with zero attached hydrogens (tertiary/aromatic N) is 2. The second kappa shape index (κ2) is 8.27. The number of benzene rings is 2. The molecular weight excluding hydrogens is 380 g/mol. The molecule has 0 atom stereocenters. The summed E-state index contributed by atoms with van der Waals surface area (Å²) in [5, 5.41) is 0. The lowest BCUT2D eigenvalue weighted by Gasteiger charge is -2.25. The molecule has 2 saturated heterocycles. The summed E-state index contributed by atoms with van der Waals surface area (Å²) in [7, 11) is 0. The second-order valence-electron chi connectivity index (χ2n) is 8.06. The maximum absolute atomic E-state index is 4.47. The molecule has 0 bridgehead atoms. The monoisotopic (exact) mass is 408 g/mol. The van der Waals surface area contributed by atoms with Gasteiger partial charge in [0.1, 0.15) is 0 Å². The highest BCUT2D eigenvalue weighted by Gasteiger charge is 2.24. The third-order valence-corrected chi connectivity index (χ3v) is 8.20. The van der Waals surface area contributed by atoms with Crippen LogP contribution >= 0.6 is 23.9 Å². The molecular formula is C24H28N2S2. The predicted molar refractivity (Wildman–Crippen MR) is 123 cm³/mol. The van der Waals surface area contributed by atoms with Gasteiger partial charge in [0.2, 0.25) is 0 Å². The molecule has 1 aliphatic carbocycles. The number of hydrogen-bond donors (Lipinski definition) is 0. The third kappa shape index (κ3) is 3.80. The van der Waals surface area contributed by atoms with Gasteiger partial charge in [-0.1, -0.05) is 31.6 Å². The molecule has 2 aromatic carbocycles. The molecule has 0 amide bonds. The molecule has 2 heterocycles. The zero-order chi connectivity index (χ0) is 18.9. The normalized spacial score (nSPS) is 20.2. The van der Waals surface area contributed by atoms with Crippen LogP contribution in [0.15, 0.2) is 52.8 Å².